The van der Waals surface area contributed by atoms with E-state index in [1.54, 1.807) is 48.5 Å². The molecule has 0 unspecified atom stereocenters. The van der Waals surface area contributed by atoms with Gasteiger partial charge in [0.2, 0.25) is 0 Å². The first-order chi connectivity index (χ1) is 18.4. The summed E-state index contributed by atoms with van der Waals surface area (Å²) in [6.07, 6.45) is 4.46. The van der Waals surface area contributed by atoms with E-state index in [0.717, 1.165) is 11.8 Å². The minimum atomic E-state index is -2.33. The van der Waals surface area contributed by atoms with Crippen LogP contribution in [0.15, 0.2) is 92.1 Å². The molecule has 5 rings (SSSR count). The zero-order chi connectivity index (χ0) is 27.9. The molecular formula is C29H27F2N3O3SSi. The first-order valence-electron chi connectivity index (χ1n) is 12.3. The molecule has 10 heteroatoms. The number of nitrogens with zero attached hydrogens (tertiary/aromatic N) is 3. The van der Waals surface area contributed by atoms with Crippen molar-refractivity contribution in [1.29, 1.82) is 0 Å². The van der Waals surface area contributed by atoms with Gasteiger partial charge in [-0.2, -0.15) is 0 Å². The number of hydrogen-bond acceptors (Lipinski definition) is 6. The van der Waals surface area contributed by atoms with Crippen molar-refractivity contribution in [3.63, 3.8) is 0 Å². The highest BCUT2D eigenvalue weighted by Gasteiger charge is 2.40. The molecule has 1 amide bonds. The molecule has 3 heterocycles. The van der Waals surface area contributed by atoms with E-state index >= 15 is 4.39 Å². The summed E-state index contributed by atoms with van der Waals surface area (Å²) in [7, 11) is -2.33. The Kier molecular flexibility index (Phi) is 6.94. The summed E-state index contributed by atoms with van der Waals surface area (Å²) < 4.78 is 42.1. The predicted octanol–water partition coefficient (Wildman–Crippen LogP) is 7.73. The largest absolute Gasteiger partial charge is 0.542 e. The lowest BCUT2D eigenvalue weighted by atomic mass is 10.1. The molecule has 2 aromatic carbocycles. The van der Waals surface area contributed by atoms with Crippen LogP contribution < -0.4 is 4.43 Å². The summed E-state index contributed by atoms with van der Waals surface area (Å²) in [6.45, 7) is 10.3. The number of carbonyl (C=O) groups excluding carboxylic acids is 1. The third-order valence-electron chi connectivity index (χ3n) is 6.83. The van der Waals surface area contributed by atoms with Crippen LogP contribution in [-0.4, -0.2) is 30.0 Å². The minimum Gasteiger partial charge on any atom is -0.542 e. The fraction of sp³-hybridized carbons (Fsp3) is 0.207. The first kappa shape index (κ1) is 26.8. The Morgan fingerprint density at radius 3 is 2.49 bits per heavy atom. The molecule has 39 heavy (non-hydrogen) atoms. The van der Waals surface area contributed by atoms with Crippen LogP contribution in [0, 0.1) is 11.6 Å². The SMILES string of the molecule is CC(C)(C)[Si](C)(C)Oc1cccc(C2=CN3C(=O)/C(=C\c4ccco4)N=C3C(Sc3ccccc3F)=N2)c1F. The Bertz CT molecular complexity index is 1570. The molecule has 6 nitrogen and oxygen atoms in total. The van der Waals surface area contributed by atoms with E-state index in [9.17, 15) is 9.18 Å². The fourth-order valence-electron chi connectivity index (χ4n) is 3.66. The first-order valence-corrected chi connectivity index (χ1v) is 16.1. The van der Waals surface area contributed by atoms with E-state index in [1.807, 2.05) is 13.1 Å². The molecule has 0 saturated carbocycles. The zero-order valence-electron chi connectivity index (χ0n) is 22.2. The van der Waals surface area contributed by atoms with Gasteiger partial charge >= 0.3 is 0 Å². The molecule has 0 spiro atoms. The highest BCUT2D eigenvalue weighted by atomic mass is 32.2. The van der Waals surface area contributed by atoms with Crippen LogP contribution in [0.1, 0.15) is 32.1 Å². The lowest BCUT2D eigenvalue weighted by molar-refractivity contribution is -0.120. The smallest absolute Gasteiger partial charge is 0.282 e. The Morgan fingerprint density at radius 2 is 1.79 bits per heavy atom. The van der Waals surface area contributed by atoms with Crippen LogP contribution >= 0.6 is 11.8 Å². The third-order valence-corrected chi connectivity index (χ3v) is 12.2. The van der Waals surface area contributed by atoms with E-state index in [-0.39, 0.29) is 38.6 Å². The second kappa shape index (κ2) is 10.1. The maximum absolute atomic E-state index is 15.9. The van der Waals surface area contributed by atoms with Crippen molar-refractivity contribution in [3.8, 4) is 5.75 Å². The van der Waals surface area contributed by atoms with Crippen molar-refractivity contribution < 1.29 is 22.4 Å². The molecule has 0 bridgehead atoms. The molecule has 1 aromatic heterocycles. The molecule has 0 radical (unpaired) electrons. The number of halogens is 2. The zero-order valence-corrected chi connectivity index (χ0v) is 24.0. The second-order valence-corrected chi connectivity index (χ2v) is 16.4. The Hall–Kier alpha value is -3.76. The Balaban J connectivity index is 1.59. The van der Waals surface area contributed by atoms with Crippen molar-refractivity contribution in [2.24, 2.45) is 9.98 Å². The van der Waals surface area contributed by atoms with Crippen LogP contribution in [0.2, 0.25) is 18.1 Å². The van der Waals surface area contributed by atoms with E-state index < -0.39 is 25.9 Å². The normalized spacial score (nSPS) is 16.7. The fourth-order valence-corrected chi connectivity index (χ4v) is 5.58. The lowest BCUT2D eigenvalue weighted by Crippen LogP contribution is -2.44. The van der Waals surface area contributed by atoms with Gasteiger partial charge in [-0.25, -0.2) is 18.8 Å². The van der Waals surface area contributed by atoms with Crippen molar-refractivity contribution in [3.05, 3.63) is 95.7 Å². The van der Waals surface area contributed by atoms with Crippen molar-refractivity contribution in [1.82, 2.24) is 4.90 Å². The summed E-state index contributed by atoms with van der Waals surface area (Å²) in [5.41, 5.74) is 0.474. The third kappa shape index (κ3) is 5.26. The minimum absolute atomic E-state index is 0.120. The van der Waals surface area contributed by atoms with Crippen molar-refractivity contribution in [2.45, 2.75) is 43.8 Å². The van der Waals surface area contributed by atoms with Gasteiger partial charge in [-0.15, -0.1) is 0 Å². The van der Waals surface area contributed by atoms with Crippen molar-refractivity contribution in [2.75, 3.05) is 0 Å². The molecular weight excluding hydrogens is 536 g/mol. The second-order valence-electron chi connectivity index (χ2n) is 10.6. The van der Waals surface area contributed by atoms with Gasteiger partial charge in [-0.3, -0.25) is 9.69 Å². The van der Waals surface area contributed by atoms with E-state index in [1.165, 1.54) is 29.5 Å². The molecule has 200 valence electrons. The highest BCUT2D eigenvalue weighted by molar-refractivity contribution is 8.15. The number of amides is 1. The van der Waals surface area contributed by atoms with E-state index in [2.05, 4.69) is 30.8 Å². The molecule has 2 aliphatic rings. The number of carbonyl (C=O) groups is 1. The molecule has 0 atom stereocenters. The number of hydrogen-bond donors (Lipinski definition) is 0. The maximum atomic E-state index is 15.9. The summed E-state index contributed by atoms with van der Waals surface area (Å²) in [4.78, 5) is 24.1. The molecule has 0 N–H and O–H groups in total. The summed E-state index contributed by atoms with van der Waals surface area (Å²) >= 11 is 1.01. The number of aliphatic imine (C=N–C) groups is 2. The Labute approximate surface area is 230 Å². The van der Waals surface area contributed by atoms with Crippen LogP contribution in [0.25, 0.3) is 11.8 Å². The van der Waals surface area contributed by atoms with Gasteiger partial charge in [0.25, 0.3) is 14.2 Å². The monoisotopic (exact) mass is 563 g/mol. The molecule has 0 aliphatic carbocycles. The van der Waals surface area contributed by atoms with Gasteiger partial charge in [-0.05, 0) is 54.5 Å². The van der Waals surface area contributed by atoms with Gasteiger partial charge in [-0.1, -0.05) is 50.7 Å². The Morgan fingerprint density at radius 1 is 1.03 bits per heavy atom. The predicted molar refractivity (Wildman–Crippen MR) is 153 cm³/mol. The van der Waals surface area contributed by atoms with Crippen LogP contribution in [-0.2, 0) is 4.79 Å². The lowest BCUT2D eigenvalue weighted by Gasteiger charge is -2.36. The van der Waals surface area contributed by atoms with Crippen LogP contribution in [0.5, 0.6) is 5.75 Å². The molecule has 0 saturated heterocycles. The van der Waals surface area contributed by atoms with Crippen LogP contribution in [0.4, 0.5) is 8.78 Å². The number of benzene rings is 2. The number of furan rings is 1. The van der Waals surface area contributed by atoms with Crippen LogP contribution in [0.3, 0.4) is 0 Å². The van der Waals surface area contributed by atoms with Crippen molar-refractivity contribution >= 4 is 48.6 Å². The summed E-state index contributed by atoms with van der Waals surface area (Å²) in [5.74, 6) is -0.651. The average molecular weight is 564 g/mol. The van der Waals surface area contributed by atoms with Gasteiger partial charge < -0.3 is 8.84 Å². The van der Waals surface area contributed by atoms with Gasteiger partial charge in [0.15, 0.2) is 11.7 Å². The number of rotatable bonds is 5. The summed E-state index contributed by atoms with van der Waals surface area (Å²) in [6, 6.07) is 14.5. The number of fused-ring (bicyclic) bond motifs is 1. The molecule has 3 aromatic rings. The summed E-state index contributed by atoms with van der Waals surface area (Å²) in [5, 5.41) is 0.120. The average Bonchev–Trinajstić information content (AvgIpc) is 3.49. The van der Waals surface area contributed by atoms with E-state index in [4.69, 9.17) is 8.84 Å². The van der Waals surface area contributed by atoms with Gasteiger partial charge in [0, 0.05) is 22.7 Å². The topological polar surface area (TPSA) is 67.4 Å². The quantitative estimate of drug-likeness (QED) is 0.235. The molecule has 2 aliphatic heterocycles. The maximum Gasteiger partial charge on any atom is 0.282 e. The van der Waals surface area contributed by atoms with Gasteiger partial charge in [0.1, 0.15) is 28.1 Å². The van der Waals surface area contributed by atoms with E-state index in [0.29, 0.717) is 10.7 Å². The number of amidine groups is 1. The highest BCUT2D eigenvalue weighted by Crippen LogP contribution is 2.40. The molecule has 0 fully saturated rings. The standard InChI is InChI=1S/C29H27F2N3O3SSi/c1-29(2,3)39(4,5)37-23-13-8-11-19(25(23)31)22-17-34-26(27(33-22)38-24-14-7-6-12-20(24)30)32-21(28(34)35)16-18-10-9-15-36-18/h6-17H,1-5H3/b21-16+. The van der Waals surface area contributed by atoms with Gasteiger partial charge in [0.05, 0.1) is 12.0 Å². The number of thioether (sulfide) groups is 1.